The van der Waals surface area contributed by atoms with Crippen LogP contribution in [-0.4, -0.2) is 36.5 Å². The van der Waals surface area contributed by atoms with Crippen molar-refractivity contribution >= 4 is 33.4 Å². The standard InChI is InChI=1S/C22H22N2O6S/c1-3-27-15-6-7-16-19(11-15)31-22(24(16)12-21(26)28-4-2)23-20(25)10-14-5-8-17-18(9-14)30-13-29-17/h5-9,11H,3-4,10,12-13H2,1-2H3. The molecule has 0 saturated carbocycles. The fourth-order valence-corrected chi connectivity index (χ4v) is 4.33. The summed E-state index contributed by atoms with van der Waals surface area (Å²) in [6, 6.07) is 10.9. The molecule has 2 aromatic carbocycles. The molecule has 162 valence electrons. The number of nitrogens with zero attached hydrogens (tertiary/aromatic N) is 2. The number of hydrogen-bond acceptors (Lipinski definition) is 7. The number of benzene rings is 2. The molecule has 1 aliphatic rings. The zero-order chi connectivity index (χ0) is 21.8. The van der Waals surface area contributed by atoms with Gasteiger partial charge in [-0.2, -0.15) is 4.99 Å². The van der Waals surface area contributed by atoms with Crippen molar-refractivity contribution in [3.05, 3.63) is 46.8 Å². The quantitative estimate of drug-likeness (QED) is 0.523. The Labute approximate surface area is 182 Å². The number of rotatable bonds is 7. The molecule has 31 heavy (non-hydrogen) atoms. The summed E-state index contributed by atoms with van der Waals surface area (Å²) < 4.78 is 23.9. The Balaban J connectivity index is 1.67. The molecular formula is C22H22N2O6S. The summed E-state index contributed by atoms with van der Waals surface area (Å²) in [6.45, 7) is 4.64. The molecule has 0 spiro atoms. The van der Waals surface area contributed by atoms with E-state index in [1.165, 1.54) is 11.3 Å². The molecule has 0 radical (unpaired) electrons. The third-order valence-corrected chi connectivity index (χ3v) is 5.61. The fourth-order valence-electron chi connectivity index (χ4n) is 3.26. The molecule has 0 atom stereocenters. The second kappa shape index (κ2) is 9.22. The largest absolute Gasteiger partial charge is 0.494 e. The first-order chi connectivity index (χ1) is 15.1. The first-order valence-corrected chi connectivity index (χ1v) is 10.8. The van der Waals surface area contributed by atoms with Gasteiger partial charge in [-0.15, -0.1) is 0 Å². The van der Waals surface area contributed by atoms with E-state index in [0.29, 0.717) is 22.9 Å². The van der Waals surface area contributed by atoms with Gasteiger partial charge in [-0.25, -0.2) is 0 Å². The van der Waals surface area contributed by atoms with Crippen LogP contribution in [-0.2, 0) is 27.3 Å². The van der Waals surface area contributed by atoms with Gasteiger partial charge in [-0.3, -0.25) is 9.59 Å². The highest BCUT2D eigenvalue weighted by molar-refractivity contribution is 7.16. The lowest BCUT2D eigenvalue weighted by atomic mass is 10.1. The first-order valence-electron chi connectivity index (χ1n) is 9.95. The normalized spacial score (nSPS) is 12.9. The third-order valence-electron chi connectivity index (χ3n) is 4.57. The summed E-state index contributed by atoms with van der Waals surface area (Å²) in [4.78, 5) is 29.6. The van der Waals surface area contributed by atoms with Gasteiger partial charge in [0.15, 0.2) is 16.3 Å². The second-order valence-electron chi connectivity index (χ2n) is 6.71. The van der Waals surface area contributed by atoms with Crippen molar-refractivity contribution in [3.63, 3.8) is 0 Å². The van der Waals surface area contributed by atoms with Crippen LogP contribution >= 0.6 is 11.3 Å². The van der Waals surface area contributed by atoms with Gasteiger partial charge in [0.1, 0.15) is 12.3 Å². The number of carbonyl (C=O) groups excluding carboxylic acids is 2. The van der Waals surface area contributed by atoms with Gasteiger partial charge in [0, 0.05) is 0 Å². The van der Waals surface area contributed by atoms with Crippen molar-refractivity contribution in [2.24, 2.45) is 4.99 Å². The van der Waals surface area contributed by atoms with Crippen molar-refractivity contribution in [2.45, 2.75) is 26.8 Å². The molecule has 0 N–H and O–H groups in total. The van der Waals surface area contributed by atoms with E-state index in [4.69, 9.17) is 18.9 Å². The molecule has 1 aliphatic heterocycles. The molecule has 4 rings (SSSR count). The number of carbonyl (C=O) groups is 2. The van der Waals surface area contributed by atoms with Crippen molar-refractivity contribution in [1.82, 2.24) is 4.57 Å². The van der Waals surface area contributed by atoms with Crippen LogP contribution in [0.4, 0.5) is 0 Å². The Kier molecular flexibility index (Phi) is 6.22. The van der Waals surface area contributed by atoms with Crippen LogP contribution in [0.15, 0.2) is 41.4 Å². The molecule has 9 heteroatoms. The Bertz CT molecular complexity index is 1200. The SMILES string of the molecule is CCOC(=O)Cn1c(=NC(=O)Cc2ccc3c(c2)OCO3)sc2cc(OCC)ccc21. The van der Waals surface area contributed by atoms with Crippen molar-refractivity contribution in [1.29, 1.82) is 0 Å². The number of thiazole rings is 1. The molecule has 2 heterocycles. The van der Waals surface area contributed by atoms with Crippen LogP contribution in [0.2, 0.25) is 0 Å². The van der Waals surface area contributed by atoms with E-state index in [9.17, 15) is 9.59 Å². The van der Waals surface area contributed by atoms with E-state index >= 15 is 0 Å². The van der Waals surface area contributed by atoms with Crippen molar-refractivity contribution in [2.75, 3.05) is 20.0 Å². The Morgan fingerprint density at radius 3 is 2.74 bits per heavy atom. The molecule has 0 bridgehead atoms. The third kappa shape index (κ3) is 4.72. The number of ether oxygens (including phenoxy) is 4. The smallest absolute Gasteiger partial charge is 0.326 e. The van der Waals surface area contributed by atoms with Crippen LogP contribution in [0.3, 0.4) is 0 Å². The van der Waals surface area contributed by atoms with Crippen molar-refractivity contribution < 1.29 is 28.5 Å². The predicted octanol–water partition coefficient (Wildman–Crippen LogP) is 3.06. The van der Waals surface area contributed by atoms with Gasteiger partial charge in [0.2, 0.25) is 6.79 Å². The molecule has 0 saturated heterocycles. The number of hydrogen-bond donors (Lipinski definition) is 0. The van der Waals surface area contributed by atoms with E-state index in [-0.39, 0.29) is 38.2 Å². The molecule has 1 amide bonds. The predicted molar refractivity (Wildman–Crippen MR) is 114 cm³/mol. The number of fused-ring (bicyclic) bond motifs is 2. The molecule has 8 nitrogen and oxygen atoms in total. The van der Waals surface area contributed by atoms with Crippen LogP contribution in [0.1, 0.15) is 19.4 Å². The Morgan fingerprint density at radius 1 is 1.10 bits per heavy atom. The minimum atomic E-state index is -0.388. The van der Waals surface area contributed by atoms with E-state index < -0.39 is 0 Å². The zero-order valence-corrected chi connectivity index (χ0v) is 18.1. The van der Waals surface area contributed by atoms with Gasteiger partial charge in [-0.1, -0.05) is 17.4 Å². The zero-order valence-electron chi connectivity index (χ0n) is 17.3. The molecule has 0 fully saturated rings. The van der Waals surface area contributed by atoms with Crippen LogP contribution in [0.5, 0.6) is 17.2 Å². The highest BCUT2D eigenvalue weighted by Gasteiger charge is 2.16. The number of esters is 1. The van der Waals surface area contributed by atoms with E-state index in [0.717, 1.165) is 21.5 Å². The van der Waals surface area contributed by atoms with Gasteiger partial charge in [0.25, 0.3) is 5.91 Å². The van der Waals surface area contributed by atoms with Crippen LogP contribution in [0.25, 0.3) is 10.2 Å². The number of amides is 1. The topological polar surface area (TPSA) is 88.4 Å². The van der Waals surface area contributed by atoms with Gasteiger partial charge >= 0.3 is 5.97 Å². The van der Waals surface area contributed by atoms with E-state index in [2.05, 4.69) is 4.99 Å². The maximum atomic E-state index is 12.7. The average Bonchev–Trinajstić information content (AvgIpc) is 3.32. The highest BCUT2D eigenvalue weighted by Crippen LogP contribution is 2.32. The summed E-state index contributed by atoms with van der Waals surface area (Å²) in [5.41, 5.74) is 1.56. The minimum absolute atomic E-state index is 0.0298. The maximum Gasteiger partial charge on any atom is 0.326 e. The molecule has 0 aliphatic carbocycles. The molecule has 1 aromatic heterocycles. The van der Waals surface area contributed by atoms with Gasteiger partial charge < -0.3 is 23.5 Å². The van der Waals surface area contributed by atoms with E-state index in [1.807, 2.05) is 31.2 Å². The highest BCUT2D eigenvalue weighted by atomic mass is 32.1. The molecule has 3 aromatic rings. The summed E-state index contributed by atoms with van der Waals surface area (Å²) in [6.07, 6.45) is 0.106. The monoisotopic (exact) mass is 442 g/mol. The molecule has 0 unspecified atom stereocenters. The summed E-state index contributed by atoms with van der Waals surface area (Å²) >= 11 is 1.33. The summed E-state index contributed by atoms with van der Waals surface area (Å²) in [5.74, 6) is 1.29. The van der Waals surface area contributed by atoms with Gasteiger partial charge in [0.05, 0.1) is 29.9 Å². The Hall–Kier alpha value is -3.33. The van der Waals surface area contributed by atoms with Crippen LogP contribution < -0.4 is 19.0 Å². The van der Waals surface area contributed by atoms with E-state index in [1.54, 1.807) is 23.6 Å². The first kappa shape index (κ1) is 20.9. The summed E-state index contributed by atoms with van der Waals surface area (Å²) in [5, 5.41) is 0. The lowest BCUT2D eigenvalue weighted by molar-refractivity contribution is -0.143. The maximum absolute atomic E-state index is 12.7. The average molecular weight is 442 g/mol. The molecular weight excluding hydrogens is 420 g/mol. The lowest BCUT2D eigenvalue weighted by Gasteiger charge is -2.06. The number of aromatic nitrogens is 1. The second-order valence-corrected chi connectivity index (χ2v) is 7.72. The van der Waals surface area contributed by atoms with Crippen LogP contribution in [0, 0.1) is 0 Å². The lowest BCUT2D eigenvalue weighted by Crippen LogP contribution is -2.23. The minimum Gasteiger partial charge on any atom is -0.494 e. The fraction of sp³-hybridized carbons (Fsp3) is 0.318. The van der Waals surface area contributed by atoms with Crippen molar-refractivity contribution in [3.8, 4) is 17.2 Å². The summed E-state index contributed by atoms with van der Waals surface area (Å²) in [7, 11) is 0. The Morgan fingerprint density at radius 2 is 1.94 bits per heavy atom. The van der Waals surface area contributed by atoms with Gasteiger partial charge in [-0.05, 0) is 49.7 Å².